The maximum atomic E-state index is 11.6. The smallest absolute Gasteiger partial charge is 0.306 e. The third kappa shape index (κ3) is 12.4. The molecule has 0 saturated heterocycles. The van der Waals surface area contributed by atoms with Crippen LogP contribution in [0.2, 0.25) is 0 Å². The predicted octanol–water partition coefficient (Wildman–Crippen LogP) is 0.778. The largest absolute Gasteiger partial charge is 0.465 e. The molecule has 1 amide bonds. The summed E-state index contributed by atoms with van der Waals surface area (Å²) in [5.74, 6) is -0.718. The number of rotatable bonds is 13. The van der Waals surface area contributed by atoms with Crippen molar-refractivity contribution in [3.63, 3.8) is 0 Å². The molecule has 2 N–H and O–H groups in total. The normalized spacial score (nSPS) is 14.2. The number of hydrogen-bond acceptors (Lipinski definition) is 8. The van der Waals surface area contributed by atoms with Crippen LogP contribution in [0.15, 0.2) is 0 Å². The van der Waals surface area contributed by atoms with E-state index in [-0.39, 0.29) is 50.9 Å². The van der Waals surface area contributed by atoms with Gasteiger partial charge in [0, 0.05) is 32.6 Å². The summed E-state index contributed by atoms with van der Waals surface area (Å²) in [7, 11) is 3.30. The average Bonchev–Trinajstić information content (AvgIpc) is 2.55. The second-order valence-electron chi connectivity index (χ2n) is 5.09. The van der Waals surface area contributed by atoms with Crippen molar-refractivity contribution in [1.82, 2.24) is 10.6 Å². The number of nitriles is 1. The van der Waals surface area contributed by atoms with Crippen LogP contribution in [0.4, 0.5) is 0 Å². The molecule has 8 nitrogen and oxygen atoms in total. The zero-order valence-electron chi connectivity index (χ0n) is 14.4. The van der Waals surface area contributed by atoms with Gasteiger partial charge in [-0.25, -0.2) is 0 Å². The first-order valence-corrected chi connectivity index (χ1v) is 10.7. The van der Waals surface area contributed by atoms with E-state index in [1.807, 2.05) is 6.07 Å². The summed E-state index contributed by atoms with van der Waals surface area (Å²) < 4.78 is 16.2. The molecule has 0 aliphatic heterocycles. The van der Waals surface area contributed by atoms with E-state index in [1.54, 1.807) is 13.7 Å². The lowest BCUT2D eigenvalue weighted by molar-refractivity contribution is -0.146. The molecule has 0 saturated carbocycles. The van der Waals surface area contributed by atoms with Crippen molar-refractivity contribution in [3.8, 4) is 6.07 Å². The molecule has 0 radical (unpaired) electrons. The Balaban J connectivity index is 4.20. The van der Waals surface area contributed by atoms with Crippen LogP contribution in [0.5, 0.6) is 0 Å². The SMILES string of the molecule is CNCC(COC(=O)CCC(=O)NC)COP(C)(=S)OCCC#N. The minimum Gasteiger partial charge on any atom is -0.465 e. The quantitative estimate of drug-likeness (QED) is 0.274. The van der Waals surface area contributed by atoms with E-state index in [4.69, 9.17) is 30.9 Å². The van der Waals surface area contributed by atoms with Crippen molar-refractivity contribution < 1.29 is 23.4 Å². The Hall–Kier alpha value is -1.04. The molecule has 0 bridgehead atoms. The number of carbonyl (C=O) groups is 2. The first kappa shape index (κ1) is 23.0. The Morgan fingerprint density at radius 2 is 1.96 bits per heavy atom. The third-order valence-corrected chi connectivity index (χ3v) is 4.79. The van der Waals surface area contributed by atoms with Crippen molar-refractivity contribution in [3.05, 3.63) is 0 Å². The van der Waals surface area contributed by atoms with Gasteiger partial charge in [-0.1, -0.05) is 0 Å². The fourth-order valence-electron chi connectivity index (χ4n) is 1.61. The van der Waals surface area contributed by atoms with Crippen molar-refractivity contribution in [2.24, 2.45) is 5.92 Å². The zero-order chi connectivity index (χ0) is 18.4. The van der Waals surface area contributed by atoms with Crippen LogP contribution < -0.4 is 10.6 Å². The first-order chi connectivity index (χ1) is 11.3. The molecule has 0 rings (SSSR count). The van der Waals surface area contributed by atoms with Gasteiger partial charge in [-0.2, -0.15) is 5.26 Å². The lowest BCUT2D eigenvalue weighted by Gasteiger charge is -2.22. The molecule has 138 valence electrons. The minimum atomic E-state index is -2.42. The number of nitrogens with zero attached hydrogens (tertiary/aromatic N) is 1. The molecule has 0 aliphatic carbocycles. The average molecular weight is 379 g/mol. The molecular weight excluding hydrogens is 353 g/mol. The molecule has 0 aromatic carbocycles. The fourth-order valence-corrected chi connectivity index (χ4v) is 3.00. The van der Waals surface area contributed by atoms with Crippen LogP contribution in [-0.4, -0.2) is 59.0 Å². The van der Waals surface area contributed by atoms with Gasteiger partial charge in [-0.15, -0.1) is 0 Å². The monoisotopic (exact) mass is 379 g/mol. The summed E-state index contributed by atoms with van der Waals surface area (Å²) in [6, 6.07) is 1.98. The standard InChI is InChI=1S/C14H26N3O5PS/c1-16-9-12(10-20-14(19)6-5-13(18)17-2)11-22-23(3,24)21-8-4-7-15/h12,16H,4-6,8-11H2,1-3H3,(H,17,18). The molecule has 0 fully saturated rings. The summed E-state index contributed by atoms with van der Waals surface area (Å²) in [5.41, 5.74) is 0. The first-order valence-electron chi connectivity index (χ1n) is 7.59. The number of amides is 1. The van der Waals surface area contributed by atoms with E-state index in [2.05, 4.69) is 10.6 Å². The summed E-state index contributed by atoms with van der Waals surface area (Å²) >= 11 is 5.26. The topological polar surface area (TPSA) is 110 Å². The Morgan fingerprint density at radius 1 is 1.25 bits per heavy atom. The van der Waals surface area contributed by atoms with Gasteiger partial charge in [0.1, 0.15) is 0 Å². The van der Waals surface area contributed by atoms with Crippen LogP contribution in [0.3, 0.4) is 0 Å². The number of carbonyl (C=O) groups excluding carboxylic acids is 2. The van der Waals surface area contributed by atoms with Gasteiger partial charge >= 0.3 is 5.97 Å². The van der Waals surface area contributed by atoms with Gasteiger partial charge in [0.2, 0.25) is 5.91 Å². The Morgan fingerprint density at radius 3 is 2.54 bits per heavy atom. The molecule has 0 spiro atoms. The van der Waals surface area contributed by atoms with Crippen molar-refractivity contribution >= 4 is 30.2 Å². The maximum absolute atomic E-state index is 11.6. The number of hydrogen-bond donors (Lipinski definition) is 2. The molecule has 2 atom stereocenters. The van der Waals surface area contributed by atoms with E-state index in [0.29, 0.717) is 6.54 Å². The van der Waals surface area contributed by atoms with Crippen LogP contribution >= 0.6 is 6.49 Å². The summed E-state index contributed by atoms with van der Waals surface area (Å²) in [4.78, 5) is 22.7. The number of ether oxygens (including phenoxy) is 1. The minimum absolute atomic E-state index is 0.0375. The zero-order valence-corrected chi connectivity index (χ0v) is 16.1. The van der Waals surface area contributed by atoms with Gasteiger partial charge in [0.05, 0.1) is 38.7 Å². The lowest BCUT2D eigenvalue weighted by atomic mass is 10.2. The van der Waals surface area contributed by atoms with Gasteiger partial charge in [-0.05, 0) is 18.9 Å². The van der Waals surface area contributed by atoms with Gasteiger partial charge in [-0.3, -0.25) is 9.59 Å². The van der Waals surface area contributed by atoms with Crippen molar-refractivity contribution in [1.29, 1.82) is 5.26 Å². The molecule has 0 aromatic rings. The summed E-state index contributed by atoms with van der Waals surface area (Å²) in [5, 5.41) is 13.9. The highest BCUT2D eigenvalue weighted by Gasteiger charge is 2.18. The molecular formula is C14H26N3O5PS. The summed E-state index contributed by atoms with van der Waals surface area (Å²) in [6.45, 7) is 0.558. The van der Waals surface area contributed by atoms with Crippen LogP contribution in [0, 0.1) is 17.2 Å². The Labute approximate surface area is 148 Å². The second-order valence-corrected chi connectivity index (χ2v) is 9.14. The second kappa shape index (κ2) is 13.3. The highest BCUT2D eigenvalue weighted by molar-refractivity contribution is 8.09. The van der Waals surface area contributed by atoms with E-state index < -0.39 is 12.5 Å². The Kier molecular flexibility index (Phi) is 12.7. The fraction of sp³-hybridized carbons (Fsp3) is 0.786. The van der Waals surface area contributed by atoms with Gasteiger partial charge in [0.15, 0.2) is 6.49 Å². The molecule has 0 heterocycles. The summed E-state index contributed by atoms with van der Waals surface area (Å²) in [6.07, 6.45) is 0.402. The highest BCUT2D eigenvalue weighted by atomic mass is 32.5. The van der Waals surface area contributed by atoms with Crippen molar-refractivity contribution in [2.75, 3.05) is 47.1 Å². The maximum Gasteiger partial charge on any atom is 0.306 e. The predicted molar refractivity (Wildman–Crippen MR) is 94.0 cm³/mol. The molecule has 2 unspecified atom stereocenters. The molecule has 10 heteroatoms. The van der Waals surface area contributed by atoms with Crippen LogP contribution in [0.1, 0.15) is 19.3 Å². The van der Waals surface area contributed by atoms with E-state index in [1.165, 1.54) is 7.05 Å². The lowest BCUT2D eigenvalue weighted by Crippen LogP contribution is -2.28. The number of esters is 1. The van der Waals surface area contributed by atoms with Crippen LogP contribution in [-0.2, 0) is 35.2 Å². The van der Waals surface area contributed by atoms with E-state index in [0.717, 1.165) is 0 Å². The third-order valence-electron chi connectivity index (χ3n) is 2.89. The van der Waals surface area contributed by atoms with Gasteiger partial charge in [0.25, 0.3) is 0 Å². The molecule has 0 aromatic heterocycles. The van der Waals surface area contributed by atoms with E-state index >= 15 is 0 Å². The number of nitrogens with one attached hydrogen (secondary N) is 2. The molecule has 0 aliphatic rings. The highest BCUT2D eigenvalue weighted by Crippen LogP contribution is 2.44. The van der Waals surface area contributed by atoms with E-state index in [9.17, 15) is 9.59 Å². The Bertz CT molecular complexity index is 484. The van der Waals surface area contributed by atoms with Crippen molar-refractivity contribution in [2.45, 2.75) is 19.3 Å². The van der Waals surface area contributed by atoms with Gasteiger partial charge < -0.3 is 24.4 Å². The molecule has 24 heavy (non-hydrogen) atoms. The van der Waals surface area contributed by atoms with Crippen LogP contribution in [0.25, 0.3) is 0 Å².